The first kappa shape index (κ1) is 14.3. The SMILES string of the molecule is CC(C)(C)CS(=O)(=O)N1CCc2ccc(N)cc2C1. The summed E-state index contributed by atoms with van der Waals surface area (Å²) in [4.78, 5) is 0. The van der Waals surface area contributed by atoms with Crippen LogP contribution in [-0.2, 0) is 23.0 Å². The third kappa shape index (κ3) is 3.48. The van der Waals surface area contributed by atoms with Crippen LogP contribution in [-0.4, -0.2) is 25.0 Å². The molecular formula is C14H22N2O2S. The van der Waals surface area contributed by atoms with Crippen molar-refractivity contribution in [3.63, 3.8) is 0 Å². The maximum atomic E-state index is 12.4. The van der Waals surface area contributed by atoms with Crippen LogP contribution in [0.1, 0.15) is 31.9 Å². The molecule has 106 valence electrons. The summed E-state index contributed by atoms with van der Waals surface area (Å²) < 4.78 is 26.4. The van der Waals surface area contributed by atoms with Crippen LogP contribution in [0.3, 0.4) is 0 Å². The second kappa shape index (κ2) is 4.80. The zero-order valence-electron chi connectivity index (χ0n) is 11.8. The molecular weight excluding hydrogens is 260 g/mol. The molecule has 1 aromatic carbocycles. The fourth-order valence-corrected chi connectivity index (χ4v) is 4.41. The van der Waals surface area contributed by atoms with E-state index in [4.69, 9.17) is 5.73 Å². The molecule has 0 bridgehead atoms. The van der Waals surface area contributed by atoms with Crippen LogP contribution in [0, 0.1) is 5.41 Å². The highest BCUT2D eigenvalue weighted by Gasteiger charge is 2.30. The second-order valence-corrected chi connectivity index (χ2v) is 8.40. The Morgan fingerprint density at radius 3 is 2.58 bits per heavy atom. The molecule has 0 amide bonds. The molecule has 0 radical (unpaired) electrons. The first-order valence-corrected chi connectivity index (χ1v) is 8.13. The van der Waals surface area contributed by atoms with E-state index < -0.39 is 10.0 Å². The van der Waals surface area contributed by atoms with Crippen molar-refractivity contribution in [2.45, 2.75) is 33.7 Å². The van der Waals surface area contributed by atoms with Crippen molar-refractivity contribution in [3.05, 3.63) is 29.3 Å². The van der Waals surface area contributed by atoms with E-state index in [0.717, 1.165) is 12.0 Å². The normalized spacial score (nSPS) is 17.2. The van der Waals surface area contributed by atoms with E-state index in [2.05, 4.69) is 0 Å². The molecule has 0 aliphatic carbocycles. The second-order valence-electron chi connectivity index (χ2n) is 6.43. The van der Waals surface area contributed by atoms with E-state index in [1.54, 1.807) is 4.31 Å². The Morgan fingerprint density at radius 1 is 1.26 bits per heavy atom. The minimum atomic E-state index is -3.20. The van der Waals surface area contributed by atoms with Crippen LogP contribution in [0.15, 0.2) is 18.2 Å². The Labute approximate surface area is 115 Å². The summed E-state index contributed by atoms with van der Waals surface area (Å²) in [5, 5.41) is 0. The van der Waals surface area contributed by atoms with Crippen molar-refractivity contribution >= 4 is 15.7 Å². The number of nitrogens with two attached hydrogens (primary N) is 1. The third-order valence-electron chi connectivity index (χ3n) is 3.22. The van der Waals surface area contributed by atoms with Gasteiger partial charge < -0.3 is 5.73 Å². The molecule has 1 aliphatic heterocycles. The van der Waals surface area contributed by atoms with Crippen molar-refractivity contribution in [1.29, 1.82) is 0 Å². The summed E-state index contributed by atoms with van der Waals surface area (Å²) in [6.07, 6.45) is 0.763. The smallest absolute Gasteiger partial charge is 0.214 e. The van der Waals surface area contributed by atoms with Gasteiger partial charge in [0.1, 0.15) is 0 Å². The van der Waals surface area contributed by atoms with Crippen LogP contribution >= 0.6 is 0 Å². The predicted molar refractivity (Wildman–Crippen MR) is 78.2 cm³/mol. The van der Waals surface area contributed by atoms with Gasteiger partial charge in [0.05, 0.1) is 5.75 Å². The topological polar surface area (TPSA) is 63.4 Å². The third-order valence-corrected chi connectivity index (χ3v) is 5.55. The Morgan fingerprint density at radius 2 is 1.95 bits per heavy atom. The molecule has 2 rings (SSSR count). The number of anilines is 1. The maximum absolute atomic E-state index is 12.4. The zero-order valence-corrected chi connectivity index (χ0v) is 12.6. The number of hydrogen-bond donors (Lipinski definition) is 1. The van der Waals surface area contributed by atoms with Gasteiger partial charge in [-0.1, -0.05) is 26.8 Å². The van der Waals surface area contributed by atoms with Gasteiger partial charge in [0, 0.05) is 18.8 Å². The summed E-state index contributed by atoms with van der Waals surface area (Å²) in [5.41, 5.74) is 8.47. The zero-order chi connectivity index (χ0) is 14.3. The van der Waals surface area contributed by atoms with Crippen LogP contribution in [0.4, 0.5) is 5.69 Å². The van der Waals surface area contributed by atoms with Gasteiger partial charge in [-0.3, -0.25) is 0 Å². The minimum absolute atomic E-state index is 0.178. The fourth-order valence-electron chi connectivity index (χ4n) is 2.43. The first-order chi connectivity index (χ1) is 8.67. The summed E-state index contributed by atoms with van der Waals surface area (Å²) in [5.74, 6) is 0.178. The average molecular weight is 282 g/mol. The van der Waals surface area contributed by atoms with Crippen LogP contribution in [0.25, 0.3) is 0 Å². The minimum Gasteiger partial charge on any atom is -0.399 e. The van der Waals surface area contributed by atoms with Crippen molar-refractivity contribution in [2.75, 3.05) is 18.0 Å². The van der Waals surface area contributed by atoms with Gasteiger partial charge in [0.15, 0.2) is 0 Å². The summed E-state index contributed by atoms with van der Waals surface area (Å²) in [6, 6.07) is 5.75. The molecule has 0 saturated heterocycles. The summed E-state index contributed by atoms with van der Waals surface area (Å²) in [7, 11) is -3.20. The summed E-state index contributed by atoms with van der Waals surface area (Å²) in [6.45, 7) is 6.84. The number of fused-ring (bicyclic) bond motifs is 1. The van der Waals surface area contributed by atoms with E-state index in [-0.39, 0.29) is 11.2 Å². The van der Waals surface area contributed by atoms with Crippen LogP contribution in [0.2, 0.25) is 0 Å². The molecule has 1 aromatic rings. The molecule has 5 heteroatoms. The van der Waals surface area contributed by atoms with E-state index in [9.17, 15) is 8.42 Å². The number of sulfonamides is 1. The predicted octanol–water partition coefficient (Wildman–Crippen LogP) is 2.00. The van der Waals surface area contributed by atoms with E-state index >= 15 is 0 Å². The Kier molecular flexibility index (Phi) is 3.62. The van der Waals surface area contributed by atoms with E-state index in [1.165, 1.54) is 5.56 Å². The van der Waals surface area contributed by atoms with Crippen LogP contribution in [0.5, 0.6) is 0 Å². The van der Waals surface area contributed by atoms with Crippen molar-refractivity contribution < 1.29 is 8.42 Å². The largest absolute Gasteiger partial charge is 0.399 e. The lowest BCUT2D eigenvalue weighted by Crippen LogP contribution is -2.40. The highest BCUT2D eigenvalue weighted by atomic mass is 32.2. The fraction of sp³-hybridized carbons (Fsp3) is 0.571. The maximum Gasteiger partial charge on any atom is 0.214 e. The van der Waals surface area contributed by atoms with Crippen molar-refractivity contribution in [3.8, 4) is 0 Å². The lowest BCUT2D eigenvalue weighted by Gasteiger charge is -2.30. The number of nitrogens with zero attached hydrogens (tertiary/aromatic N) is 1. The molecule has 0 saturated carbocycles. The molecule has 1 aliphatic rings. The van der Waals surface area contributed by atoms with Crippen molar-refractivity contribution in [2.24, 2.45) is 5.41 Å². The molecule has 1 heterocycles. The standard InChI is InChI=1S/C14H22N2O2S/c1-14(2,3)10-19(17,18)16-7-6-11-4-5-13(15)8-12(11)9-16/h4-5,8H,6-7,9-10,15H2,1-3H3. The number of rotatable bonds is 2. The first-order valence-electron chi connectivity index (χ1n) is 6.52. The molecule has 4 nitrogen and oxygen atoms in total. The van der Waals surface area contributed by atoms with Gasteiger partial charge in [0.2, 0.25) is 10.0 Å². The molecule has 0 unspecified atom stereocenters. The number of nitrogen functional groups attached to an aromatic ring is 1. The van der Waals surface area contributed by atoms with Gasteiger partial charge in [0.25, 0.3) is 0 Å². The van der Waals surface area contributed by atoms with Gasteiger partial charge in [-0.25, -0.2) is 8.42 Å². The monoisotopic (exact) mass is 282 g/mol. The highest BCUT2D eigenvalue weighted by Crippen LogP contribution is 2.26. The quantitative estimate of drug-likeness (QED) is 0.844. The molecule has 2 N–H and O–H groups in total. The highest BCUT2D eigenvalue weighted by molar-refractivity contribution is 7.89. The van der Waals surface area contributed by atoms with Crippen LogP contribution < -0.4 is 5.73 Å². The molecule has 0 spiro atoms. The number of benzene rings is 1. The average Bonchev–Trinajstić information content (AvgIpc) is 2.24. The van der Waals surface area contributed by atoms with Gasteiger partial charge in [-0.05, 0) is 35.1 Å². The van der Waals surface area contributed by atoms with E-state index in [0.29, 0.717) is 18.8 Å². The Bertz CT molecular complexity index is 574. The number of hydrogen-bond acceptors (Lipinski definition) is 3. The molecule has 0 atom stereocenters. The lowest BCUT2D eigenvalue weighted by atomic mass is 10.0. The Balaban J connectivity index is 2.22. The molecule has 0 aromatic heterocycles. The van der Waals surface area contributed by atoms with Gasteiger partial charge in [-0.2, -0.15) is 4.31 Å². The van der Waals surface area contributed by atoms with Gasteiger partial charge >= 0.3 is 0 Å². The Hall–Kier alpha value is -1.07. The molecule has 19 heavy (non-hydrogen) atoms. The van der Waals surface area contributed by atoms with E-state index in [1.807, 2.05) is 39.0 Å². The lowest BCUT2D eigenvalue weighted by molar-refractivity contribution is 0.373. The molecule has 0 fully saturated rings. The van der Waals surface area contributed by atoms with Gasteiger partial charge in [-0.15, -0.1) is 0 Å². The van der Waals surface area contributed by atoms with Crippen molar-refractivity contribution in [1.82, 2.24) is 4.31 Å². The summed E-state index contributed by atoms with van der Waals surface area (Å²) >= 11 is 0.